The summed E-state index contributed by atoms with van der Waals surface area (Å²) in [5.74, 6) is 5.98. The number of hydrogen-bond acceptors (Lipinski definition) is 2. The number of terminal acetylenes is 1. The van der Waals surface area contributed by atoms with E-state index in [1.165, 1.54) is 5.57 Å². The summed E-state index contributed by atoms with van der Waals surface area (Å²) in [5, 5.41) is 10.9. The summed E-state index contributed by atoms with van der Waals surface area (Å²) in [6.45, 7) is 2.23. The number of ketones is 1. The molecular formula is C21H26O2. The first-order valence-electron chi connectivity index (χ1n) is 9.20. The van der Waals surface area contributed by atoms with Crippen LogP contribution in [0.3, 0.4) is 0 Å². The van der Waals surface area contributed by atoms with Gasteiger partial charge in [-0.25, -0.2) is 0 Å². The van der Waals surface area contributed by atoms with Crippen LogP contribution in [0.15, 0.2) is 23.8 Å². The Morgan fingerprint density at radius 3 is 2.96 bits per heavy atom. The molecule has 0 bridgehead atoms. The summed E-state index contributed by atoms with van der Waals surface area (Å²) in [4.78, 5) is 11.7. The van der Waals surface area contributed by atoms with Crippen molar-refractivity contribution in [1.82, 2.24) is 0 Å². The molecule has 0 radical (unpaired) electrons. The van der Waals surface area contributed by atoms with Crippen LogP contribution in [0.4, 0.5) is 0 Å². The molecule has 2 fully saturated rings. The highest BCUT2D eigenvalue weighted by molar-refractivity contribution is 5.91. The van der Waals surface area contributed by atoms with Crippen LogP contribution in [0.25, 0.3) is 0 Å². The van der Waals surface area contributed by atoms with Crippen LogP contribution < -0.4 is 0 Å². The van der Waals surface area contributed by atoms with Crippen molar-refractivity contribution in [2.24, 2.45) is 35.5 Å². The molecule has 23 heavy (non-hydrogen) atoms. The zero-order valence-corrected chi connectivity index (χ0v) is 13.9. The first kappa shape index (κ1) is 15.2. The number of fused-ring (bicyclic) bond motifs is 5. The predicted molar refractivity (Wildman–Crippen MR) is 90.3 cm³/mol. The second kappa shape index (κ2) is 5.35. The van der Waals surface area contributed by atoms with E-state index in [0.717, 1.165) is 32.1 Å². The zero-order chi connectivity index (χ0) is 16.2. The smallest absolute Gasteiger partial charge is 0.155 e. The van der Waals surface area contributed by atoms with Crippen molar-refractivity contribution < 1.29 is 9.90 Å². The zero-order valence-electron chi connectivity index (χ0n) is 13.9. The van der Waals surface area contributed by atoms with E-state index in [1.54, 1.807) is 0 Å². The Morgan fingerprint density at radius 2 is 2.22 bits per heavy atom. The van der Waals surface area contributed by atoms with Crippen molar-refractivity contribution in [3.05, 3.63) is 23.8 Å². The van der Waals surface area contributed by atoms with Crippen LogP contribution in [0, 0.1) is 47.9 Å². The third-order valence-electron chi connectivity index (χ3n) is 7.20. The minimum absolute atomic E-state index is 0.249. The number of hydrogen-bond donors (Lipinski definition) is 1. The molecule has 1 unspecified atom stereocenters. The molecule has 0 heterocycles. The van der Waals surface area contributed by atoms with Gasteiger partial charge in [-0.3, -0.25) is 4.79 Å². The molecule has 122 valence electrons. The van der Waals surface area contributed by atoms with Crippen LogP contribution in [0.1, 0.15) is 45.4 Å². The Labute approximate surface area is 139 Å². The number of carbonyl (C=O) groups is 1. The van der Waals surface area contributed by atoms with E-state index in [9.17, 15) is 9.90 Å². The molecule has 0 aromatic heterocycles. The van der Waals surface area contributed by atoms with Gasteiger partial charge >= 0.3 is 0 Å². The highest BCUT2D eigenvalue weighted by Gasteiger charge is 2.57. The Morgan fingerprint density at radius 1 is 1.39 bits per heavy atom. The molecule has 7 atom stereocenters. The molecule has 4 aliphatic rings. The van der Waals surface area contributed by atoms with Gasteiger partial charge in [0.2, 0.25) is 0 Å². The highest BCUT2D eigenvalue weighted by Crippen LogP contribution is 2.59. The van der Waals surface area contributed by atoms with Gasteiger partial charge < -0.3 is 5.11 Å². The van der Waals surface area contributed by atoms with Gasteiger partial charge in [-0.05, 0) is 66.9 Å². The molecule has 2 nitrogen and oxygen atoms in total. The third-order valence-corrected chi connectivity index (χ3v) is 7.20. The van der Waals surface area contributed by atoms with Crippen molar-refractivity contribution in [2.75, 3.05) is 0 Å². The van der Waals surface area contributed by atoms with Crippen molar-refractivity contribution in [3.8, 4) is 12.3 Å². The van der Waals surface area contributed by atoms with E-state index in [0.29, 0.717) is 36.0 Å². The average Bonchev–Trinajstić information content (AvgIpc) is 2.92. The van der Waals surface area contributed by atoms with Crippen LogP contribution in [0.5, 0.6) is 0 Å². The monoisotopic (exact) mass is 310 g/mol. The quantitative estimate of drug-likeness (QED) is 0.753. The van der Waals surface area contributed by atoms with Crippen LogP contribution >= 0.6 is 0 Å². The molecular weight excluding hydrogens is 284 g/mol. The lowest BCUT2D eigenvalue weighted by atomic mass is 9.54. The summed E-state index contributed by atoms with van der Waals surface area (Å²) < 4.78 is 0. The van der Waals surface area contributed by atoms with Crippen molar-refractivity contribution in [2.45, 2.75) is 51.0 Å². The van der Waals surface area contributed by atoms with E-state index < -0.39 is 5.60 Å². The van der Waals surface area contributed by atoms with Gasteiger partial charge in [0.1, 0.15) is 5.60 Å². The van der Waals surface area contributed by atoms with E-state index in [2.05, 4.69) is 25.0 Å². The van der Waals surface area contributed by atoms with Gasteiger partial charge in [0.25, 0.3) is 0 Å². The number of rotatable bonds is 1. The molecule has 2 heteroatoms. The third kappa shape index (κ3) is 2.17. The summed E-state index contributed by atoms with van der Waals surface area (Å²) in [5.41, 5.74) is 0.351. The Hall–Kier alpha value is -1.33. The van der Waals surface area contributed by atoms with E-state index >= 15 is 0 Å². The van der Waals surface area contributed by atoms with Crippen LogP contribution in [0.2, 0.25) is 0 Å². The summed E-state index contributed by atoms with van der Waals surface area (Å²) >= 11 is 0. The molecule has 0 saturated heterocycles. The van der Waals surface area contributed by atoms with E-state index in [1.807, 2.05) is 6.08 Å². The molecule has 4 aliphatic carbocycles. The molecule has 0 aromatic rings. The van der Waals surface area contributed by atoms with Gasteiger partial charge in [0, 0.05) is 12.3 Å². The SMILES string of the molecule is C#C[C@]1(O)CC[C@@H]2C1[C@H](CC)C[C@H]1[C@H]2C=CC2=CC(=O)CC[C@@H]21. The molecule has 0 aromatic carbocycles. The maximum atomic E-state index is 11.7. The second-order valence-corrected chi connectivity index (χ2v) is 8.06. The highest BCUT2D eigenvalue weighted by atomic mass is 16.3. The molecule has 4 rings (SSSR count). The first-order chi connectivity index (χ1) is 11.1. The number of allylic oxidation sites excluding steroid dienone is 4. The maximum absolute atomic E-state index is 11.7. The minimum atomic E-state index is -0.900. The number of aliphatic hydroxyl groups is 1. The lowest BCUT2D eigenvalue weighted by Crippen LogP contribution is -2.48. The van der Waals surface area contributed by atoms with E-state index in [-0.39, 0.29) is 11.7 Å². The Balaban J connectivity index is 1.72. The van der Waals surface area contributed by atoms with Crippen LogP contribution in [-0.2, 0) is 4.79 Å². The van der Waals surface area contributed by atoms with Gasteiger partial charge in [-0.2, -0.15) is 0 Å². The van der Waals surface area contributed by atoms with Gasteiger partial charge in [0.15, 0.2) is 5.78 Å². The summed E-state index contributed by atoms with van der Waals surface area (Å²) in [6.07, 6.45) is 17.8. The molecule has 1 N–H and O–H groups in total. The standard InChI is InChI=1S/C21H26O2/c1-3-13-12-19-16-8-6-15(22)11-14(16)5-7-17(19)18-9-10-21(23,4-2)20(13)18/h2,5,7,11,13,16-20,23H,3,6,8-10,12H2,1H3/t13-,16+,17+,18+,19-,20?,21+/m1/s1. The lowest BCUT2D eigenvalue weighted by molar-refractivity contribution is -0.115. The van der Waals surface area contributed by atoms with Gasteiger partial charge in [0.05, 0.1) is 0 Å². The fraction of sp³-hybridized carbons (Fsp3) is 0.667. The molecule has 2 saturated carbocycles. The average molecular weight is 310 g/mol. The summed E-state index contributed by atoms with van der Waals surface area (Å²) in [7, 11) is 0. The predicted octanol–water partition coefficient (Wildman–Crippen LogP) is 3.51. The largest absolute Gasteiger partial charge is 0.377 e. The fourth-order valence-electron chi connectivity index (χ4n) is 6.22. The van der Waals surface area contributed by atoms with Crippen molar-refractivity contribution in [3.63, 3.8) is 0 Å². The van der Waals surface area contributed by atoms with Gasteiger partial charge in [-0.1, -0.05) is 31.4 Å². The molecule has 0 amide bonds. The minimum Gasteiger partial charge on any atom is -0.377 e. The van der Waals surface area contributed by atoms with E-state index in [4.69, 9.17) is 6.42 Å². The molecule has 0 spiro atoms. The summed E-state index contributed by atoms with van der Waals surface area (Å²) in [6, 6.07) is 0. The molecule has 0 aliphatic heterocycles. The number of carbonyl (C=O) groups excluding carboxylic acids is 1. The maximum Gasteiger partial charge on any atom is 0.155 e. The topological polar surface area (TPSA) is 37.3 Å². The van der Waals surface area contributed by atoms with Crippen molar-refractivity contribution >= 4 is 5.78 Å². The fourth-order valence-corrected chi connectivity index (χ4v) is 6.22. The normalized spacial score (nSPS) is 48.0. The van der Waals surface area contributed by atoms with Gasteiger partial charge in [-0.15, -0.1) is 6.42 Å². The first-order valence-corrected chi connectivity index (χ1v) is 9.20. The van der Waals surface area contributed by atoms with Crippen molar-refractivity contribution in [1.29, 1.82) is 0 Å². The lowest BCUT2D eigenvalue weighted by Gasteiger charge is -2.51. The Kier molecular flexibility index (Phi) is 3.54. The van der Waals surface area contributed by atoms with Crippen LogP contribution in [-0.4, -0.2) is 16.5 Å². The Bertz CT molecular complexity index is 622. The second-order valence-electron chi connectivity index (χ2n) is 8.06.